The summed E-state index contributed by atoms with van der Waals surface area (Å²) in [6, 6.07) is 0. The molecule has 2 aliphatic heterocycles. The summed E-state index contributed by atoms with van der Waals surface area (Å²) in [5.41, 5.74) is 12.9. The van der Waals surface area contributed by atoms with Crippen LogP contribution in [-0.2, 0) is 10.4 Å². The average Bonchev–Trinajstić information content (AvgIpc) is 2.61. The van der Waals surface area contributed by atoms with E-state index in [1.165, 1.54) is 0 Å². The molecule has 14 heavy (non-hydrogen) atoms. The van der Waals surface area contributed by atoms with E-state index in [9.17, 15) is 0 Å². The van der Waals surface area contributed by atoms with E-state index in [4.69, 9.17) is 17.5 Å². The van der Waals surface area contributed by atoms with Gasteiger partial charge in [-0.2, -0.15) is 8.42 Å². The van der Waals surface area contributed by atoms with Gasteiger partial charge in [-0.1, -0.05) is 0 Å². The molecule has 84 valence electrons. The zero-order chi connectivity index (χ0) is 10.7. The van der Waals surface area contributed by atoms with E-state index in [-0.39, 0.29) is 0 Å². The molecule has 6 N–H and O–H groups in total. The summed E-state index contributed by atoms with van der Waals surface area (Å²) in [6.07, 6.45) is 0. The number of rotatable bonds is 0. The van der Waals surface area contributed by atoms with Crippen molar-refractivity contribution in [3.05, 3.63) is 0 Å². The Morgan fingerprint density at radius 2 is 1.07 bits per heavy atom. The van der Waals surface area contributed by atoms with Gasteiger partial charge in [-0.25, -0.2) is 0 Å². The maximum Gasteiger partial charge on any atom is 0.394 e. The van der Waals surface area contributed by atoms with Crippen LogP contribution in [-0.4, -0.2) is 43.7 Å². The lowest BCUT2D eigenvalue weighted by molar-refractivity contribution is 0.381. The van der Waals surface area contributed by atoms with Crippen molar-refractivity contribution in [2.45, 2.75) is 0 Å². The largest absolute Gasteiger partial charge is 0.394 e. The molecule has 8 nitrogen and oxygen atoms in total. The molecule has 0 amide bonds. The van der Waals surface area contributed by atoms with E-state index in [2.05, 4.69) is 21.7 Å². The molecule has 1 spiro atoms. The fraction of sp³-hybridized carbons (Fsp3) is 1.00. The highest BCUT2D eigenvalue weighted by Gasteiger charge is 2.36. The Morgan fingerprint density at radius 1 is 0.857 bits per heavy atom. The topological polar surface area (TPSA) is 123 Å². The van der Waals surface area contributed by atoms with Gasteiger partial charge in [0.1, 0.15) is 0 Å². The van der Waals surface area contributed by atoms with E-state index in [1.807, 2.05) is 0 Å². The molecule has 2 fully saturated rings. The van der Waals surface area contributed by atoms with Crippen molar-refractivity contribution in [2.75, 3.05) is 26.2 Å². The molecule has 0 unspecified atom stereocenters. The average molecular weight is 226 g/mol. The van der Waals surface area contributed by atoms with Crippen molar-refractivity contribution in [3.8, 4) is 0 Å². The van der Waals surface area contributed by atoms with Crippen LogP contribution in [0.2, 0.25) is 0 Å². The zero-order valence-electron chi connectivity index (χ0n) is 7.45. The summed E-state index contributed by atoms with van der Waals surface area (Å²) < 4.78 is 31.6. The second-order valence-corrected chi connectivity index (χ2v) is 4.26. The van der Waals surface area contributed by atoms with Crippen LogP contribution in [0.1, 0.15) is 0 Å². The lowest BCUT2D eigenvalue weighted by atomic mass is 9.91. The predicted octanol–water partition coefficient (Wildman–Crippen LogP) is -2.46. The van der Waals surface area contributed by atoms with Crippen LogP contribution in [0.25, 0.3) is 0 Å². The lowest BCUT2D eigenvalue weighted by Crippen LogP contribution is -2.31. The minimum Gasteiger partial charge on any atom is -0.264 e. The highest BCUT2D eigenvalue weighted by Crippen LogP contribution is 2.18. The van der Waals surface area contributed by atoms with Gasteiger partial charge in [-0.05, 0) is 0 Å². The molecule has 9 heteroatoms. The highest BCUT2D eigenvalue weighted by molar-refractivity contribution is 7.79. The first-order chi connectivity index (χ1) is 6.41. The maximum atomic E-state index is 8.74. The molecular formula is C5H14N4O4S. The number of hydrogen-bond donors (Lipinski definition) is 6. The van der Waals surface area contributed by atoms with E-state index in [0.29, 0.717) is 5.41 Å². The van der Waals surface area contributed by atoms with Crippen LogP contribution < -0.4 is 21.7 Å². The van der Waals surface area contributed by atoms with Crippen LogP contribution >= 0.6 is 0 Å². The molecule has 2 aliphatic rings. The molecular weight excluding hydrogens is 212 g/mol. The second kappa shape index (κ2) is 4.49. The van der Waals surface area contributed by atoms with Gasteiger partial charge < -0.3 is 0 Å². The number of nitrogens with one attached hydrogen (secondary N) is 4. The molecule has 0 saturated carbocycles. The zero-order valence-corrected chi connectivity index (χ0v) is 8.26. The third-order valence-corrected chi connectivity index (χ3v) is 2.10. The summed E-state index contributed by atoms with van der Waals surface area (Å²) in [5, 5.41) is 0. The van der Waals surface area contributed by atoms with Crippen molar-refractivity contribution in [3.63, 3.8) is 0 Å². The van der Waals surface area contributed by atoms with Gasteiger partial charge in [0, 0.05) is 31.6 Å². The molecule has 0 bridgehead atoms. The standard InChI is InChI=1S/C5H12N4.H2O4S/c1-5(2-7-6-1)3-8-9-4-5;1-5(2,3)4/h6-9H,1-4H2;(H2,1,2,3,4). The molecule has 2 rings (SSSR count). The summed E-state index contributed by atoms with van der Waals surface area (Å²) in [6.45, 7) is 4.31. The van der Waals surface area contributed by atoms with E-state index in [0.717, 1.165) is 26.2 Å². The molecule has 2 saturated heterocycles. The predicted molar refractivity (Wildman–Crippen MR) is 48.6 cm³/mol. The van der Waals surface area contributed by atoms with Gasteiger partial charge >= 0.3 is 10.4 Å². The second-order valence-electron chi connectivity index (χ2n) is 3.36. The van der Waals surface area contributed by atoms with Crippen molar-refractivity contribution in [2.24, 2.45) is 5.41 Å². The SMILES string of the molecule is C1NNCC12CNNC2.O=S(=O)(O)O. The van der Waals surface area contributed by atoms with Crippen LogP contribution in [0.3, 0.4) is 0 Å². The Labute approximate surface area is 82.0 Å². The van der Waals surface area contributed by atoms with Crippen molar-refractivity contribution >= 4 is 10.4 Å². The maximum absolute atomic E-state index is 8.74. The van der Waals surface area contributed by atoms with Gasteiger partial charge in [0.25, 0.3) is 0 Å². The highest BCUT2D eigenvalue weighted by atomic mass is 32.3. The molecule has 0 atom stereocenters. The fourth-order valence-corrected chi connectivity index (χ4v) is 1.37. The fourth-order valence-electron chi connectivity index (χ4n) is 1.37. The lowest BCUT2D eigenvalue weighted by Gasteiger charge is -2.16. The first kappa shape index (κ1) is 11.8. The van der Waals surface area contributed by atoms with E-state index < -0.39 is 10.4 Å². The van der Waals surface area contributed by atoms with E-state index in [1.54, 1.807) is 0 Å². The van der Waals surface area contributed by atoms with Crippen molar-refractivity contribution in [1.29, 1.82) is 0 Å². The number of hydrogen-bond acceptors (Lipinski definition) is 6. The molecule has 0 aromatic heterocycles. The molecule has 2 heterocycles. The van der Waals surface area contributed by atoms with Gasteiger partial charge in [-0.15, -0.1) is 0 Å². The number of hydrazine groups is 2. The molecule has 0 aromatic carbocycles. The Hall–Kier alpha value is -0.290. The van der Waals surface area contributed by atoms with Crippen LogP contribution in [0.4, 0.5) is 0 Å². The third kappa shape index (κ3) is 4.28. The molecule has 0 aliphatic carbocycles. The van der Waals surface area contributed by atoms with Crippen LogP contribution in [0.5, 0.6) is 0 Å². The van der Waals surface area contributed by atoms with Gasteiger partial charge in [0.05, 0.1) is 0 Å². The van der Waals surface area contributed by atoms with E-state index >= 15 is 0 Å². The Morgan fingerprint density at radius 3 is 1.29 bits per heavy atom. The van der Waals surface area contributed by atoms with Crippen LogP contribution in [0, 0.1) is 5.41 Å². The van der Waals surface area contributed by atoms with Gasteiger partial charge in [0.15, 0.2) is 0 Å². The normalized spacial score (nSPS) is 24.7. The van der Waals surface area contributed by atoms with Gasteiger partial charge in [0.2, 0.25) is 0 Å². The summed E-state index contributed by atoms with van der Waals surface area (Å²) in [4.78, 5) is 0. The first-order valence-corrected chi connectivity index (χ1v) is 5.42. The van der Waals surface area contributed by atoms with Crippen molar-refractivity contribution < 1.29 is 17.5 Å². The smallest absolute Gasteiger partial charge is 0.264 e. The van der Waals surface area contributed by atoms with Crippen molar-refractivity contribution in [1.82, 2.24) is 21.7 Å². The minimum absolute atomic E-state index is 0.444. The summed E-state index contributed by atoms with van der Waals surface area (Å²) in [5.74, 6) is 0. The monoisotopic (exact) mass is 226 g/mol. The summed E-state index contributed by atoms with van der Waals surface area (Å²) in [7, 11) is -4.67. The third-order valence-electron chi connectivity index (χ3n) is 2.10. The molecule has 0 aromatic rings. The molecule has 0 radical (unpaired) electrons. The minimum atomic E-state index is -4.67. The summed E-state index contributed by atoms with van der Waals surface area (Å²) >= 11 is 0. The first-order valence-electron chi connectivity index (χ1n) is 4.03. The van der Waals surface area contributed by atoms with Gasteiger partial charge in [-0.3, -0.25) is 30.8 Å². The Kier molecular flexibility index (Phi) is 3.78. The Bertz CT molecular complexity index is 242. The Balaban J connectivity index is 0.000000171. The quantitative estimate of drug-likeness (QED) is 0.251. The van der Waals surface area contributed by atoms with Crippen LogP contribution in [0.15, 0.2) is 0 Å².